The first-order valence-electron chi connectivity index (χ1n) is 11.0. The van der Waals surface area contributed by atoms with Crippen LogP contribution in [0.3, 0.4) is 0 Å². The molecule has 3 nitrogen and oxygen atoms in total. The van der Waals surface area contributed by atoms with Crippen LogP contribution in [0.25, 0.3) is 0 Å². The van der Waals surface area contributed by atoms with Gasteiger partial charge in [-0.2, -0.15) is 0 Å². The Balaban J connectivity index is 1.81. The Hall–Kier alpha value is -1.87. The predicted molar refractivity (Wildman–Crippen MR) is 124 cm³/mol. The van der Waals surface area contributed by atoms with Gasteiger partial charge in [0.1, 0.15) is 0 Å². The van der Waals surface area contributed by atoms with Crippen molar-refractivity contribution >= 4 is 25.3 Å². The van der Waals surface area contributed by atoms with Gasteiger partial charge in [0.15, 0.2) is 0 Å². The van der Waals surface area contributed by atoms with Crippen LogP contribution in [0, 0.1) is 0 Å². The van der Waals surface area contributed by atoms with Crippen LogP contribution in [0.1, 0.15) is 45.6 Å². The number of anilines is 2. The zero-order chi connectivity index (χ0) is 19.9. The van der Waals surface area contributed by atoms with Crippen LogP contribution in [0.4, 0.5) is 11.4 Å². The van der Waals surface area contributed by atoms with Gasteiger partial charge in [0, 0.05) is 16.8 Å². The van der Waals surface area contributed by atoms with Crippen molar-refractivity contribution in [3.8, 4) is 0 Å². The molecule has 2 aliphatic heterocycles. The Morgan fingerprint density at radius 3 is 2.21 bits per heavy atom. The van der Waals surface area contributed by atoms with Crippen molar-refractivity contribution in [3.05, 3.63) is 60.2 Å². The summed E-state index contributed by atoms with van der Waals surface area (Å²) in [4.78, 5) is 5.33. The van der Waals surface area contributed by atoms with E-state index in [1.54, 1.807) is 0 Å². The van der Waals surface area contributed by atoms with E-state index >= 15 is 0 Å². The fraction of sp³-hybridized carbons (Fsp3) is 0.478. The standard InChI is InChI=1S/C23H33B2N3/c1-6-7-13-18-26-24(4)27(19-14-9-8-10-15-19)22-23(2,3)20-16-11-12-17-21(20)28(22)25(26)5/h8-12,14-17,22H,6-7,13,18H2,1-5H3. The second kappa shape index (κ2) is 7.51. The van der Waals surface area contributed by atoms with Gasteiger partial charge in [-0.25, -0.2) is 0 Å². The molecule has 0 aromatic heterocycles. The van der Waals surface area contributed by atoms with E-state index in [1.165, 1.54) is 36.2 Å². The number of para-hydroxylation sites is 2. The molecule has 2 aromatic rings. The molecule has 1 saturated heterocycles. The van der Waals surface area contributed by atoms with E-state index < -0.39 is 0 Å². The number of nitrogens with zero attached hydrogens (tertiary/aromatic N) is 3. The molecule has 4 rings (SSSR count). The molecular formula is C23H33B2N3. The first kappa shape index (κ1) is 19.4. The lowest BCUT2D eigenvalue weighted by atomic mass is 9.55. The number of unbranched alkanes of at least 4 members (excludes halogenated alkanes) is 2. The van der Waals surface area contributed by atoms with Crippen molar-refractivity contribution in [2.24, 2.45) is 0 Å². The number of hydrogen-bond donors (Lipinski definition) is 0. The second-order valence-electron chi connectivity index (χ2n) is 8.97. The first-order chi connectivity index (χ1) is 13.5. The molecule has 0 aliphatic carbocycles. The van der Waals surface area contributed by atoms with Gasteiger partial charge in [0.2, 0.25) is 0 Å². The van der Waals surface area contributed by atoms with Gasteiger partial charge in [0.05, 0.1) is 6.17 Å². The van der Waals surface area contributed by atoms with E-state index in [2.05, 4.69) is 103 Å². The highest BCUT2D eigenvalue weighted by Gasteiger charge is 2.56. The summed E-state index contributed by atoms with van der Waals surface area (Å²) in [5.74, 6) is 0. The van der Waals surface area contributed by atoms with Crippen molar-refractivity contribution in [1.82, 2.24) is 4.72 Å². The van der Waals surface area contributed by atoms with E-state index in [4.69, 9.17) is 0 Å². The van der Waals surface area contributed by atoms with Gasteiger partial charge in [0.25, 0.3) is 0 Å². The molecule has 0 radical (unpaired) electrons. The number of hydrogen-bond acceptors (Lipinski definition) is 3. The lowest BCUT2D eigenvalue weighted by Gasteiger charge is -2.56. The molecular weight excluding hydrogens is 340 g/mol. The monoisotopic (exact) mass is 373 g/mol. The average molecular weight is 373 g/mol. The van der Waals surface area contributed by atoms with E-state index in [0.717, 1.165) is 6.54 Å². The van der Waals surface area contributed by atoms with Gasteiger partial charge in [-0.3, -0.25) is 0 Å². The Bertz CT molecular complexity index is 811. The van der Waals surface area contributed by atoms with E-state index in [-0.39, 0.29) is 5.41 Å². The zero-order valence-corrected chi connectivity index (χ0v) is 18.1. The van der Waals surface area contributed by atoms with Crippen molar-refractivity contribution in [1.29, 1.82) is 0 Å². The highest BCUT2D eigenvalue weighted by atomic mass is 15.4. The van der Waals surface area contributed by atoms with Crippen LogP contribution < -0.4 is 9.62 Å². The number of benzene rings is 2. The van der Waals surface area contributed by atoms with Gasteiger partial charge >= 0.3 is 14.0 Å². The summed E-state index contributed by atoms with van der Waals surface area (Å²) in [5.41, 5.74) is 4.25. The third kappa shape index (κ3) is 2.95. The van der Waals surface area contributed by atoms with Crippen LogP contribution in [-0.2, 0) is 5.41 Å². The van der Waals surface area contributed by atoms with Gasteiger partial charge in [-0.1, -0.05) is 83.7 Å². The molecule has 2 aliphatic rings. The number of rotatable bonds is 5. The van der Waals surface area contributed by atoms with Crippen LogP contribution in [0.2, 0.25) is 13.6 Å². The minimum Gasteiger partial charge on any atom is -0.382 e. The van der Waals surface area contributed by atoms with Crippen LogP contribution >= 0.6 is 0 Å². The summed E-state index contributed by atoms with van der Waals surface area (Å²) in [7, 11) is 0. The third-order valence-corrected chi connectivity index (χ3v) is 6.89. The summed E-state index contributed by atoms with van der Waals surface area (Å²) in [5, 5.41) is 0. The molecule has 0 saturated carbocycles. The lowest BCUT2D eigenvalue weighted by Crippen LogP contribution is -2.76. The van der Waals surface area contributed by atoms with Crippen LogP contribution in [-0.4, -0.2) is 31.4 Å². The van der Waals surface area contributed by atoms with E-state index in [9.17, 15) is 0 Å². The molecule has 0 bridgehead atoms. The maximum Gasteiger partial charge on any atom is 0.331 e. The SMILES string of the molecule is CCCCCN1B(C)N(c2ccccc2)C2N(B1C)c1ccccc1C2(C)C. The molecule has 28 heavy (non-hydrogen) atoms. The lowest BCUT2D eigenvalue weighted by molar-refractivity contribution is 0.424. The second-order valence-corrected chi connectivity index (χ2v) is 8.97. The third-order valence-electron chi connectivity index (χ3n) is 6.89. The quantitative estimate of drug-likeness (QED) is 0.516. The molecule has 1 atom stereocenters. The summed E-state index contributed by atoms with van der Waals surface area (Å²) in [6.45, 7) is 13.8. The normalized spacial score (nSPS) is 21.1. The van der Waals surface area contributed by atoms with Crippen LogP contribution in [0.15, 0.2) is 54.6 Å². The van der Waals surface area contributed by atoms with Crippen molar-refractivity contribution < 1.29 is 0 Å². The van der Waals surface area contributed by atoms with Crippen molar-refractivity contribution in [2.75, 3.05) is 16.2 Å². The molecule has 1 unspecified atom stereocenters. The Kier molecular flexibility index (Phi) is 5.22. The Labute approximate surface area is 172 Å². The maximum absolute atomic E-state index is 2.69. The first-order valence-corrected chi connectivity index (χ1v) is 11.0. The summed E-state index contributed by atoms with van der Waals surface area (Å²) in [6.07, 6.45) is 4.14. The average Bonchev–Trinajstić information content (AvgIpc) is 2.94. The fourth-order valence-corrected chi connectivity index (χ4v) is 5.46. The maximum atomic E-state index is 2.69. The van der Waals surface area contributed by atoms with Gasteiger partial charge in [-0.05, 0) is 36.7 Å². The smallest absolute Gasteiger partial charge is 0.331 e. The largest absolute Gasteiger partial charge is 0.382 e. The van der Waals surface area contributed by atoms with E-state index in [1.807, 2.05) is 0 Å². The number of fused-ring (bicyclic) bond motifs is 3. The molecule has 146 valence electrons. The zero-order valence-electron chi connectivity index (χ0n) is 18.1. The summed E-state index contributed by atoms with van der Waals surface area (Å²) in [6, 6.07) is 20.0. The minimum absolute atomic E-state index is 0.0600. The highest BCUT2D eigenvalue weighted by molar-refractivity contribution is 6.77. The van der Waals surface area contributed by atoms with E-state index in [0.29, 0.717) is 20.1 Å². The minimum atomic E-state index is 0.0600. The van der Waals surface area contributed by atoms with Gasteiger partial charge in [-0.15, -0.1) is 0 Å². The van der Waals surface area contributed by atoms with Crippen molar-refractivity contribution in [2.45, 2.75) is 65.3 Å². The predicted octanol–water partition coefficient (Wildman–Crippen LogP) is 5.36. The topological polar surface area (TPSA) is 9.72 Å². The molecule has 1 fully saturated rings. The molecule has 0 amide bonds. The molecule has 0 spiro atoms. The van der Waals surface area contributed by atoms with Crippen LogP contribution in [0.5, 0.6) is 0 Å². The fourth-order valence-electron chi connectivity index (χ4n) is 5.46. The molecule has 2 aromatic carbocycles. The van der Waals surface area contributed by atoms with Gasteiger partial charge < -0.3 is 14.3 Å². The Morgan fingerprint density at radius 1 is 0.857 bits per heavy atom. The molecule has 2 heterocycles. The Morgan fingerprint density at radius 2 is 1.50 bits per heavy atom. The molecule has 5 heteroatoms. The summed E-state index contributed by atoms with van der Waals surface area (Å²) >= 11 is 0. The van der Waals surface area contributed by atoms with Crippen molar-refractivity contribution in [3.63, 3.8) is 0 Å². The summed E-state index contributed by atoms with van der Waals surface area (Å²) < 4.78 is 2.69. The molecule has 0 N–H and O–H groups in total. The highest BCUT2D eigenvalue weighted by Crippen LogP contribution is 2.50.